The Hall–Kier alpha value is -1.42. The van der Waals surface area contributed by atoms with E-state index >= 15 is 0 Å². The Morgan fingerprint density at radius 2 is 0.865 bits per heavy atom. The monoisotopic (exact) mass is 745 g/mol. The molecule has 1 aromatic carbocycles. The van der Waals surface area contributed by atoms with Crippen molar-refractivity contribution in [2.24, 2.45) is 0 Å². The van der Waals surface area contributed by atoms with Crippen LogP contribution in [0, 0.1) is 0 Å². The second-order valence-electron chi connectivity index (χ2n) is 14.5. The lowest BCUT2D eigenvalue weighted by Gasteiger charge is -2.28. The van der Waals surface area contributed by atoms with E-state index in [9.17, 15) is 25.5 Å². The van der Waals surface area contributed by atoms with Crippen LogP contribution in [-0.4, -0.2) is 151 Å². The van der Waals surface area contributed by atoms with Gasteiger partial charge in [-0.05, 0) is 58.6 Å². The molecular weight excluding hydrogens is 668 g/mol. The number of hydrogen-bond acceptors (Lipinski definition) is 12. The minimum absolute atomic E-state index is 0.166. The predicted octanol–water partition coefficient (Wildman–Crippen LogP) is 3.93. The topological polar surface area (TPSA) is 154 Å². The molecule has 0 saturated heterocycles. The highest BCUT2D eigenvalue weighted by atomic mass is 16.5. The standard InChI is InChI=1S/C40H76N2O10/c1-7-8-9-10-11-12-13-14-39-37(25-41(17-21-48-27-32(2)43)18-22-49-28-33(3)44)15-16-38(40(39)52-31-36(6)47)26-42(19-23-50-29-34(4)45)20-24-51-30-35(5)46/h15-16,32-36,43-47H,7-14,17-31H2,1-6H3. The summed E-state index contributed by atoms with van der Waals surface area (Å²) in [6.45, 7) is 17.5. The summed E-state index contributed by atoms with van der Waals surface area (Å²) >= 11 is 0. The maximum Gasteiger partial charge on any atom is 0.127 e. The van der Waals surface area contributed by atoms with Crippen molar-refractivity contribution < 1.29 is 49.2 Å². The van der Waals surface area contributed by atoms with Crippen LogP contribution in [0.1, 0.15) is 103 Å². The van der Waals surface area contributed by atoms with E-state index in [-0.39, 0.29) is 33.0 Å². The molecular formula is C40H76N2O10. The van der Waals surface area contributed by atoms with Gasteiger partial charge < -0.3 is 49.2 Å². The van der Waals surface area contributed by atoms with Crippen molar-refractivity contribution in [1.29, 1.82) is 0 Å². The summed E-state index contributed by atoms with van der Waals surface area (Å²) in [5, 5.41) is 49.1. The van der Waals surface area contributed by atoms with E-state index in [1.54, 1.807) is 34.6 Å². The lowest BCUT2D eigenvalue weighted by atomic mass is 9.95. The summed E-state index contributed by atoms with van der Waals surface area (Å²) in [5.41, 5.74) is 3.30. The molecule has 1 rings (SSSR count). The van der Waals surface area contributed by atoms with Crippen molar-refractivity contribution in [3.63, 3.8) is 0 Å². The summed E-state index contributed by atoms with van der Waals surface area (Å²) in [4.78, 5) is 4.51. The van der Waals surface area contributed by atoms with Gasteiger partial charge in [0.25, 0.3) is 0 Å². The van der Waals surface area contributed by atoms with E-state index in [0.717, 1.165) is 41.7 Å². The fourth-order valence-corrected chi connectivity index (χ4v) is 5.72. The van der Waals surface area contributed by atoms with Crippen LogP contribution in [0.25, 0.3) is 0 Å². The lowest BCUT2D eigenvalue weighted by Crippen LogP contribution is -2.33. The Labute approximate surface area is 315 Å². The fourth-order valence-electron chi connectivity index (χ4n) is 5.72. The third-order valence-electron chi connectivity index (χ3n) is 8.37. The Morgan fingerprint density at radius 1 is 0.500 bits per heavy atom. The molecule has 0 spiro atoms. The summed E-state index contributed by atoms with van der Waals surface area (Å²) in [5.74, 6) is 0.805. The van der Waals surface area contributed by atoms with Crippen LogP contribution in [0.2, 0.25) is 0 Å². The van der Waals surface area contributed by atoms with Crippen molar-refractivity contribution >= 4 is 0 Å². The maximum atomic E-state index is 10.3. The number of rotatable bonds is 35. The largest absolute Gasteiger partial charge is 0.490 e. The van der Waals surface area contributed by atoms with Gasteiger partial charge in [-0.25, -0.2) is 0 Å². The molecule has 5 unspecified atom stereocenters. The molecule has 0 aromatic heterocycles. The minimum atomic E-state index is -0.643. The zero-order valence-corrected chi connectivity index (χ0v) is 33.5. The summed E-state index contributed by atoms with van der Waals surface area (Å²) in [6.07, 6.45) is 6.38. The number of nitrogens with zero attached hydrogens (tertiary/aromatic N) is 2. The first-order chi connectivity index (χ1) is 24.9. The number of benzene rings is 1. The molecule has 1 aromatic rings. The molecule has 52 heavy (non-hydrogen) atoms. The highest BCUT2D eigenvalue weighted by Crippen LogP contribution is 2.32. The molecule has 0 radical (unpaired) electrons. The molecule has 0 aliphatic heterocycles. The molecule has 0 saturated carbocycles. The number of ether oxygens (including phenoxy) is 5. The van der Waals surface area contributed by atoms with Crippen LogP contribution in [-0.2, 0) is 38.5 Å². The lowest BCUT2D eigenvalue weighted by molar-refractivity contribution is 0.0169. The summed E-state index contributed by atoms with van der Waals surface area (Å²) < 4.78 is 29.4. The first-order valence-corrected chi connectivity index (χ1v) is 19.8. The quantitative estimate of drug-likeness (QED) is 0.0641. The summed E-state index contributed by atoms with van der Waals surface area (Å²) in [6, 6.07) is 4.31. The van der Waals surface area contributed by atoms with Crippen LogP contribution in [0.5, 0.6) is 5.75 Å². The van der Waals surface area contributed by atoms with Crippen LogP contribution >= 0.6 is 0 Å². The first kappa shape index (κ1) is 48.6. The average Bonchev–Trinajstić information content (AvgIpc) is 3.07. The smallest absolute Gasteiger partial charge is 0.127 e. The van der Waals surface area contributed by atoms with E-state index in [4.69, 9.17) is 23.7 Å². The molecule has 12 nitrogen and oxygen atoms in total. The molecule has 0 heterocycles. The van der Waals surface area contributed by atoms with E-state index in [0.29, 0.717) is 65.7 Å². The number of hydrogen-bond donors (Lipinski definition) is 5. The van der Waals surface area contributed by atoms with Gasteiger partial charge in [0, 0.05) is 44.8 Å². The third kappa shape index (κ3) is 25.6. The Kier molecular flexibility index (Phi) is 28.8. The zero-order valence-electron chi connectivity index (χ0n) is 33.5. The van der Waals surface area contributed by atoms with Crippen molar-refractivity contribution in [3.05, 3.63) is 28.8 Å². The summed E-state index contributed by atoms with van der Waals surface area (Å²) in [7, 11) is 0. The maximum absolute atomic E-state index is 10.3. The number of unbranched alkanes of at least 4 members (excludes halogenated alkanes) is 6. The Balaban J connectivity index is 3.44. The van der Waals surface area contributed by atoms with E-state index in [1.165, 1.54) is 32.1 Å². The van der Waals surface area contributed by atoms with Crippen molar-refractivity contribution in [1.82, 2.24) is 9.80 Å². The van der Waals surface area contributed by atoms with Gasteiger partial charge in [-0.15, -0.1) is 0 Å². The normalized spacial score (nSPS) is 14.9. The second-order valence-corrected chi connectivity index (χ2v) is 14.5. The van der Waals surface area contributed by atoms with E-state index in [2.05, 4.69) is 28.9 Å². The van der Waals surface area contributed by atoms with E-state index < -0.39 is 30.5 Å². The van der Waals surface area contributed by atoms with Crippen LogP contribution in [0.15, 0.2) is 12.1 Å². The third-order valence-corrected chi connectivity index (χ3v) is 8.37. The molecule has 0 aliphatic carbocycles. The molecule has 0 amide bonds. The Bertz CT molecular complexity index is 948. The van der Waals surface area contributed by atoms with Crippen LogP contribution in [0.4, 0.5) is 0 Å². The highest BCUT2D eigenvalue weighted by Gasteiger charge is 2.20. The molecule has 0 bridgehead atoms. The van der Waals surface area contributed by atoms with Gasteiger partial charge in [-0.3, -0.25) is 9.80 Å². The predicted molar refractivity (Wildman–Crippen MR) is 206 cm³/mol. The van der Waals surface area contributed by atoms with Gasteiger partial charge in [0.05, 0.1) is 83.4 Å². The van der Waals surface area contributed by atoms with Crippen LogP contribution < -0.4 is 4.74 Å². The average molecular weight is 745 g/mol. The number of aliphatic hydroxyl groups is 5. The molecule has 306 valence electrons. The molecule has 12 heteroatoms. The van der Waals surface area contributed by atoms with Crippen molar-refractivity contribution in [2.45, 2.75) is 137 Å². The zero-order chi connectivity index (χ0) is 38.6. The van der Waals surface area contributed by atoms with Crippen molar-refractivity contribution in [2.75, 3.05) is 85.6 Å². The van der Waals surface area contributed by atoms with Gasteiger partial charge in [0.15, 0.2) is 0 Å². The first-order valence-electron chi connectivity index (χ1n) is 19.8. The SMILES string of the molecule is CCCCCCCCCc1c(CN(CCOCC(C)O)CCOCC(C)O)ccc(CN(CCOCC(C)O)CCOCC(C)O)c1OCC(C)O. The second kappa shape index (κ2) is 30.9. The van der Waals surface area contributed by atoms with Gasteiger partial charge in [-0.1, -0.05) is 57.6 Å². The van der Waals surface area contributed by atoms with Crippen molar-refractivity contribution in [3.8, 4) is 5.75 Å². The van der Waals surface area contributed by atoms with Crippen LogP contribution in [0.3, 0.4) is 0 Å². The minimum Gasteiger partial charge on any atom is -0.490 e. The molecule has 0 fully saturated rings. The Morgan fingerprint density at radius 3 is 1.27 bits per heavy atom. The molecule has 0 aliphatic rings. The highest BCUT2D eigenvalue weighted by molar-refractivity contribution is 5.47. The fraction of sp³-hybridized carbons (Fsp3) is 0.850. The van der Waals surface area contributed by atoms with Gasteiger partial charge in [-0.2, -0.15) is 0 Å². The van der Waals surface area contributed by atoms with Gasteiger partial charge in [0.1, 0.15) is 12.4 Å². The van der Waals surface area contributed by atoms with E-state index in [1.807, 2.05) is 0 Å². The molecule has 5 N–H and O–H groups in total. The number of aliphatic hydroxyl groups excluding tert-OH is 5. The molecule has 5 atom stereocenters. The van der Waals surface area contributed by atoms with Gasteiger partial charge >= 0.3 is 0 Å². The van der Waals surface area contributed by atoms with Gasteiger partial charge in [0.2, 0.25) is 0 Å².